The number of nitrogens with two attached hydrogens (primary N) is 1. The van der Waals surface area contributed by atoms with E-state index >= 15 is 0 Å². The van der Waals surface area contributed by atoms with Gasteiger partial charge < -0.3 is 15.8 Å². The molecule has 106 valence electrons. The van der Waals surface area contributed by atoms with E-state index in [0.29, 0.717) is 25.3 Å². The first-order valence-corrected chi connectivity index (χ1v) is 6.37. The van der Waals surface area contributed by atoms with E-state index in [0.717, 1.165) is 11.3 Å². The van der Waals surface area contributed by atoms with Gasteiger partial charge in [-0.05, 0) is 6.07 Å². The van der Waals surface area contributed by atoms with E-state index in [4.69, 9.17) is 10.5 Å². The molecule has 1 aromatic heterocycles. The molecule has 0 atom stereocenters. The zero-order valence-electron chi connectivity index (χ0n) is 11.4. The Bertz CT molecular complexity index is 625. The lowest BCUT2D eigenvalue weighted by Gasteiger charge is -2.10. The minimum atomic E-state index is -0.169. The fourth-order valence-electron chi connectivity index (χ4n) is 1.86. The van der Waals surface area contributed by atoms with Crippen LogP contribution in [0.1, 0.15) is 5.56 Å². The van der Waals surface area contributed by atoms with Gasteiger partial charge in [0.05, 0.1) is 25.5 Å². The third-order valence-electron chi connectivity index (χ3n) is 2.86. The first kappa shape index (κ1) is 14.1. The predicted molar refractivity (Wildman–Crippen MR) is 78.1 cm³/mol. The standard InChI is InChI=1S/C14H18N4O2/c1-20-13-5-3-2-4-11(13)10-18-14(19)8-12(9-17-18)16-7-6-15/h2-5,8-9,16H,6-7,10,15H2,1H3. The van der Waals surface area contributed by atoms with Gasteiger partial charge in [0, 0.05) is 24.7 Å². The number of benzene rings is 1. The van der Waals surface area contributed by atoms with E-state index < -0.39 is 0 Å². The van der Waals surface area contributed by atoms with Gasteiger partial charge in [-0.15, -0.1) is 0 Å². The molecule has 0 radical (unpaired) electrons. The van der Waals surface area contributed by atoms with Gasteiger partial charge in [0.15, 0.2) is 0 Å². The molecule has 20 heavy (non-hydrogen) atoms. The van der Waals surface area contributed by atoms with Gasteiger partial charge in [0.25, 0.3) is 5.56 Å². The van der Waals surface area contributed by atoms with E-state index in [1.165, 1.54) is 10.7 Å². The van der Waals surface area contributed by atoms with Crippen LogP contribution in [0.25, 0.3) is 0 Å². The molecule has 0 saturated carbocycles. The Morgan fingerprint density at radius 2 is 2.20 bits per heavy atom. The van der Waals surface area contributed by atoms with Crippen molar-refractivity contribution >= 4 is 5.69 Å². The lowest BCUT2D eigenvalue weighted by Crippen LogP contribution is -2.24. The molecule has 0 aliphatic carbocycles. The Kier molecular flexibility index (Phi) is 4.73. The van der Waals surface area contributed by atoms with Crippen LogP contribution in [0.2, 0.25) is 0 Å². The van der Waals surface area contributed by atoms with Crippen LogP contribution in [0.15, 0.2) is 41.3 Å². The van der Waals surface area contributed by atoms with E-state index in [-0.39, 0.29) is 5.56 Å². The minimum absolute atomic E-state index is 0.169. The van der Waals surface area contributed by atoms with E-state index in [9.17, 15) is 4.79 Å². The summed E-state index contributed by atoms with van der Waals surface area (Å²) < 4.78 is 6.66. The molecular formula is C14H18N4O2. The summed E-state index contributed by atoms with van der Waals surface area (Å²) in [6.45, 7) is 1.49. The number of hydrogen-bond acceptors (Lipinski definition) is 5. The Balaban J connectivity index is 2.19. The van der Waals surface area contributed by atoms with Crippen LogP contribution in [0, 0.1) is 0 Å². The number of nitrogens with one attached hydrogen (secondary N) is 1. The molecule has 0 saturated heterocycles. The molecule has 2 aromatic rings. The second-order valence-corrected chi connectivity index (χ2v) is 4.27. The number of anilines is 1. The highest BCUT2D eigenvalue weighted by Gasteiger charge is 2.05. The Labute approximate surface area is 117 Å². The maximum absolute atomic E-state index is 12.0. The summed E-state index contributed by atoms with van der Waals surface area (Å²) in [5.41, 5.74) is 6.82. The van der Waals surface area contributed by atoms with Gasteiger partial charge in [0.1, 0.15) is 5.75 Å². The van der Waals surface area contributed by atoms with Gasteiger partial charge >= 0.3 is 0 Å². The van der Waals surface area contributed by atoms with E-state index in [2.05, 4.69) is 10.4 Å². The van der Waals surface area contributed by atoms with Crippen LogP contribution in [0.5, 0.6) is 5.75 Å². The number of nitrogens with zero attached hydrogens (tertiary/aromatic N) is 2. The topological polar surface area (TPSA) is 82.2 Å². The molecule has 0 aliphatic heterocycles. The molecular weight excluding hydrogens is 256 g/mol. The van der Waals surface area contributed by atoms with Gasteiger partial charge in [-0.25, -0.2) is 4.68 Å². The van der Waals surface area contributed by atoms with Crippen molar-refractivity contribution in [1.29, 1.82) is 0 Å². The molecule has 0 spiro atoms. The highest BCUT2D eigenvalue weighted by Crippen LogP contribution is 2.17. The molecule has 3 N–H and O–H groups in total. The summed E-state index contributed by atoms with van der Waals surface area (Å²) in [6, 6.07) is 9.07. The normalized spacial score (nSPS) is 10.3. The predicted octanol–water partition coefficient (Wildman–Crippen LogP) is 0.671. The Morgan fingerprint density at radius 1 is 1.40 bits per heavy atom. The molecule has 0 unspecified atom stereocenters. The highest BCUT2D eigenvalue weighted by atomic mass is 16.5. The van der Waals surface area contributed by atoms with Crippen LogP contribution in [-0.4, -0.2) is 30.0 Å². The van der Waals surface area contributed by atoms with Gasteiger partial charge in [0.2, 0.25) is 0 Å². The molecule has 0 fully saturated rings. The Hall–Kier alpha value is -2.34. The molecule has 2 rings (SSSR count). The summed E-state index contributed by atoms with van der Waals surface area (Å²) in [7, 11) is 1.61. The van der Waals surface area contributed by atoms with Crippen molar-refractivity contribution in [3.05, 3.63) is 52.4 Å². The fraction of sp³-hybridized carbons (Fsp3) is 0.286. The maximum Gasteiger partial charge on any atom is 0.269 e. The molecule has 0 bridgehead atoms. The van der Waals surface area contributed by atoms with Crippen molar-refractivity contribution in [3.8, 4) is 5.75 Å². The zero-order chi connectivity index (χ0) is 14.4. The highest BCUT2D eigenvalue weighted by molar-refractivity contribution is 5.39. The summed E-state index contributed by atoms with van der Waals surface area (Å²) in [4.78, 5) is 12.0. The maximum atomic E-state index is 12.0. The molecule has 1 aromatic carbocycles. The number of methoxy groups -OCH3 is 1. The average Bonchev–Trinajstić information content (AvgIpc) is 2.48. The van der Waals surface area contributed by atoms with Crippen LogP contribution in [0.4, 0.5) is 5.69 Å². The van der Waals surface area contributed by atoms with Gasteiger partial charge in [-0.1, -0.05) is 18.2 Å². The molecule has 0 aliphatic rings. The molecule has 6 nitrogen and oxygen atoms in total. The fourth-order valence-corrected chi connectivity index (χ4v) is 1.86. The second kappa shape index (κ2) is 6.72. The van der Waals surface area contributed by atoms with Crippen molar-refractivity contribution < 1.29 is 4.74 Å². The number of rotatable bonds is 6. The lowest BCUT2D eigenvalue weighted by atomic mass is 10.2. The lowest BCUT2D eigenvalue weighted by molar-refractivity contribution is 0.407. The third-order valence-corrected chi connectivity index (χ3v) is 2.86. The van der Waals surface area contributed by atoms with Crippen LogP contribution < -0.4 is 21.3 Å². The smallest absolute Gasteiger partial charge is 0.269 e. The van der Waals surface area contributed by atoms with Crippen LogP contribution >= 0.6 is 0 Å². The average molecular weight is 274 g/mol. The van der Waals surface area contributed by atoms with Crippen molar-refractivity contribution in [2.24, 2.45) is 5.73 Å². The summed E-state index contributed by atoms with van der Waals surface area (Å²) >= 11 is 0. The number of hydrogen-bond donors (Lipinski definition) is 2. The van der Waals surface area contributed by atoms with Crippen LogP contribution in [0.3, 0.4) is 0 Å². The van der Waals surface area contributed by atoms with Gasteiger partial charge in [-0.3, -0.25) is 4.79 Å². The van der Waals surface area contributed by atoms with Crippen molar-refractivity contribution in [3.63, 3.8) is 0 Å². The van der Waals surface area contributed by atoms with Crippen molar-refractivity contribution in [2.45, 2.75) is 6.54 Å². The first-order valence-electron chi connectivity index (χ1n) is 6.37. The zero-order valence-corrected chi connectivity index (χ0v) is 11.4. The largest absolute Gasteiger partial charge is 0.496 e. The first-order chi connectivity index (χ1) is 9.74. The number of para-hydroxylation sites is 1. The summed E-state index contributed by atoms with van der Waals surface area (Å²) in [6.07, 6.45) is 1.62. The van der Waals surface area contributed by atoms with Crippen molar-refractivity contribution in [1.82, 2.24) is 9.78 Å². The van der Waals surface area contributed by atoms with E-state index in [1.807, 2.05) is 24.3 Å². The number of aromatic nitrogens is 2. The van der Waals surface area contributed by atoms with E-state index in [1.54, 1.807) is 13.3 Å². The third kappa shape index (κ3) is 3.36. The minimum Gasteiger partial charge on any atom is -0.496 e. The van der Waals surface area contributed by atoms with Crippen LogP contribution in [-0.2, 0) is 6.54 Å². The monoisotopic (exact) mass is 274 g/mol. The molecule has 1 heterocycles. The Morgan fingerprint density at radius 3 is 2.90 bits per heavy atom. The van der Waals surface area contributed by atoms with Gasteiger partial charge in [-0.2, -0.15) is 5.10 Å². The number of ether oxygens (including phenoxy) is 1. The quantitative estimate of drug-likeness (QED) is 0.809. The molecule has 0 amide bonds. The summed E-state index contributed by atoms with van der Waals surface area (Å²) in [5, 5.41) is 7.17. The second-order valence-electron chi connectivity index (χ2n) is 4.27. The SMILES string of the molecule is COc1ccccc1Cn1ncc(NCCN)cc1=O. The van der Waals surface area contributed by atoms with Crippen molar-refractivity contribution in [2.75, 3.05) is 25.5 Å². The summed E-state index contributed by atoms with van der Waals surface area (Å²) in [5.74, 6) is 0.742. The molecule has 6 heteroatoms.